The molecule has 2 amide bonds. The Labute approximate surface area is 163 Å². The van der Waals surface area contributed by atoms with E-state index in [0.717, 1.165) is 0 Å². The van der Waals surface area contributed by atoms with Crippen molar-refractivity contribution in [1.82, 2.24) is 5.32 Å². The Kier molecular flexibility index (Phi) is 7.14. The van der Waals surface area contributed by atoms with Gasteiger partial charge in [0.25, 0.3) is 5.91 Å². The Bertz CT molecular complexity index is 846. The molecule has 0 unspecified atom stereocenters. The van der Waals surface area contributed by atoms with Gasteiger partial charge in [0.15, 0.2) is 0 Å². The van der Waals surface area contributed by atoms with Crippen molar-refractivity contribution in [1.29, 1.82) is 0 Å². The number of hydrogen-bond donors (Lipinski definition) is 3. The van der Waals surface area contributed by atoms with E-state index in [1.807, 2.05) is 0 Å². The number of carbonyl (C=O) groups excluding carboxylic acids is 2. The predicted molar refractivity (Wildman–Crippen MR) is 105 cm³/mol. The highest BCUT2D eigenvalue weighted by atomic mass is 16.5. The molecule has 0 saturated carbocycles. The van der Waals surface area contributed by atoms with Gasteiger partial charge >= 0.3 is 5.97 Å². The molecule has 28 heavy (non-hydrogen) atoms. The third-order valence-electron chi connectivity index (χ3n) is 4.12. The third kappa shape index (κ3) is 5.84. The minimum Gasteiger partial charge on any atom is -0.497 e. The molecule has 0 aliphatic heterocycles. The zero-order valence-electron chi connectivity index (χ0n) is 16.1. The van der Waals surface area contributed by atoms with E-state index < -0.39 is 17.9 Å². The van der Waals surface area contributed by atoms with Crippen molar-refractivity contribution in [2.75, 3.05) is 12.4 Å². The number of amides is 2. The van der Waals surface area contributed by atoms with Gasteiger partial charge in [0, 0.05) is 17.2 Å². The van der Waals surface area contributed by atoms with Crippen LogP contribution in [0.15, 0.2) is 48.5 Å². The lowest BCUT2D eigenvalue weighted by molar-refractivity contribution is -0.137. The lowest BCUT2D eigenvalue weighted by Crippen LogP contribution is -2.30. The van der Waals surface area contributed by atoms with Crippen molar-refractivity contribution in [3.8, 4) is 5.75 Å². The molecule has 0 aromatic heterocycles. The van der Waals surface area contributed by atoms with Gasteiger partial charge in [0.05, 0.1) is 19.6 Å². The van der Waals surface area contributed by atoms with E-state index in [1.54, 1.807) is 62.4 Å². The molecule has 0 radical (unpaired) electrons. The number of carbonyl (C=O) groups is 3. The highest BCUT2D eigenvalue weighted by Crippen LogP contribution is 2.21. The first kappa shape index (κ1) is 21.0. The van der Waals surface area contributed by atoms with Crippen LogP contribution in [-0.4, -0.2) is 30.0 Å². The van der Waals surface area contributed by atoms with Crippen molar-refractivity contribution in [3.05, 3.63) is 59.7 Å². The van der Waals surface area contributed by atoms with E-state index in [0.29, 0.717) is 22.6 Å². The smallest absolute Gasteiger partial charge is 0.305 e. The SMILES string of the molecule is COc1ccc([C@@H](CC(=O)O)NC(=O)c2cccc(NC(=O)C(C)C)c2)cc1. The van der Waals surface area contributed by atoms with Crippen molar-refractivity contribution in [2.45, 2.75) is 26.3 Å². The Morgan fingerprint density at radius 1 is 1.07 bits per heavy atom. The number of carboxylic acid groups (broad SMARTS) is 1. The molecule has 2 aromatic carbocycles. The van der Waals surface area contributed by atoms with Gasteiger partial charge in [-0.1, -0.05) is 32.0 Å². The number of nitrogens with one attached hydrogen (secondary N) is 2. The van der Waals surface area contributed by atoms with E-state index in [4.69, 9.17) is 4.74 Å². The fourth-order valence-corrected chi connectivity index (χ4v) is 2.53. The zero-order chi connectivity index (χ0) is 20.7. The van der Waals surface area contributed by atoms with Crippen molar-refractivity contribution in [2.24, 2.45) is 5.92 Å². The van der Waals surface area contributed by atoms with Crippen LogP contribution in [0.5, 0.6) is 5.75 Å². The summed E-state index contributed by atoms with van der Waals surface area (Å²) in [7, 11) is 1.54. The zero-order valence-corrected chi connectivity index (χ0v) is 16.1. The van der Waals surface area contributed by atoms with Crippen molar-refractivity contribution >= 4 is 23.5 Å². The standard InChI is InChI=1S/C21H24N2O5/c1-13(2)20(26)22-16-6-4-5-15(11-16)21(27)23-18(12-19(24)25)14-7-9-17(28-3)10-8-14/h4-11,13,18H,12H2,1-3H3,(H,22,26)(H,23,27)(H,24,25)/t18-/m1/s1. The minimum atomic E-state index is -1.03. The van der Waals surface area contributed by atoms with Gasteiger partial charge in [0.2, 0.25) is 5.91 Å². The molecule has 0 aliphatic carbocycles. The molecule has 0 saturated heterocycles. The highest BCUT2D eigenvalue weighted by molar-refractivity contribution is 5.97. The number of hydrogen-bond acceptors (Lipinski definition) is 4. The average Bonchev–Trinajstić information content (AvgIpc) is 2.67. The van der Waals surface area contributed by atoms with E-state index in [1.165, 1.54) is 7.11 Å². The fraction of sp³-hybridized carbons (Fsp3) is 0.286. The van der Waals surface area contributed by atoms with Gasteiger partial charge in [-0.3, -0.25) is 14.4 Å². The van der Waals surface area contributed by atoms with Crippen molar-refractivity contribution < 1.29 is 24.2 Å². The molecule has 0 aliphatic rings. The number of anilines is 1. The lowest BCUT2D eigenvalue weighted by atomic mass is 10.0. The maximum absolute atomic E-state index is 12.7. The number of methoxy groups -OCH3 is 1. The largest absolute Gasteiger partial charge is 0.497 e. The lowest BCUT2D eigenvalue weighted by Gasteiger charge is -2.18. The minimum absolute atomic E-state index is 0.153. The second-order valence-electron chi connectivity index (χ2n) is 6.62. The number of ether oxygens (including phenoxy) is 1. The number of benzene rings is 2. The number of aliphatic carboxylic acids is 1. The molecule has 0 spiro atoms. The van der Waals surface area contributed by atoms with Crippen molar-refractivity contribution in [3.63, 3.8) is 0 Å². The molecule has 0 bridgehead atoms. The second kappa shape index (κ2) is 9.55. The Balaban J connectivity index is 2.18. The summed E-state index contributed by atoms with van der Waals surface area (Å²) in [6.07, 6.45) is -0.262. The normalized spacial score (nSPS) is 11.6. The molecule has 148 valence electrons. The maximum atomic E-state index is 12.7. The average molecular weight is 384 g/mol. The Hall–Kier alpha value is -3.35. The van der Waals surface area contributed by atoms with Crippen LogP contribution in [0.2, 0.25) is 0 Å². The summed E-state index contributed by atoms with van der Waals surface area (Å²) in [5, 5.41) is 14.7. The van der Waals surface area contributed by atoms with Crippen LogP contribution in [0.25, 0.3) is 0 Å². The molecular formula is C21H24N2O5. The monoisotopic (exact) mass is 384 g/mol. The highest BCUT2D eigenvalue weighted by Gasteiger charge is 2.19. The van der Waals surface area contributed by atoms with E-state index >= 15 is 0 Å². The van der Waals surface area contributed by atoms with Crippen LogP contribution in [0.3, 0.4) is 0 Å². The molecular weight excluding hydrogens is 360 g/mol. The van der Waals surface area contributed by atoms with Gasteiger partial charge in [-0.2, -0.15) is 0 Å². The van der Waals surface area contributed by atoms with Crippen LogP contribution in [0, 0.1) is 5.92 Å². The van der Waals surface area contributed by atoms with Crippen LogP contribution >= 0.6 is 0 Å². The molecule has 2 rings (SSSR count). The van der Waals surface area contributed by atoms with E-state index in [-0.39, 0.29) is 18.2 Å². The van der Waals surface area contributed by atoms with Crippen LogP contribution in [0.4, 0.5) is 5.69 Å². The maximum Gasteiger partial charge on any atom is 0.305 e. The van der Waals surface area contributed by atoms with Gasteiger partial charge in [-0.15, -0.1) is 0 Å². The summed E-state index contributed by atoms with van der Waals surface area (Å²) < 4.78 is 5.10. The predicted octanol–water partition coefficient (Wildman–Crippen LogP) is 3.24. The number of rotatable bonds is 8. The number of carboxylic acids is 1. The molecule has 3 N–H and O–H groups in total. The first-order valence-electron chi connectivity index (χ1n) is 8.87. The summed E-state index contributed by atoms with van der Waals surface area (Å²) in [5.74, 6) is -1.16. The van der Waals surface area contributed by atoms with Gasteiger partial charge in [0.1, 0.15) is 5.75 Å². The van der Waals surface area contributed by atoms with E-state index in [9.17, 15) is 19.5 Å². The van der Waals surface area contributed by atoms with Crippen LogP contribution in [0.1, 0.15) is 42.2 Å². The van der Waals surface area contributed by atoms with Gasteiger partial charge < -0.3 is 20.5 Å². The molecule has 7 nitrogen and oxygen atoms in total. The molecule has 0 heterocycles. The first-order valence-corrected chi connectivity index (χ1v) is 8.87. The molecule has 0 fully saturated rings. The van der Waals surface area contributed by atoms with Crippen LogP contribution < -0.4 is 15.4 Å². The molecule has 1 atom stereocenters. The van der Waals surface area contributed by atoms with Gasteiger partial charge in [-0.05, 0) is 35.9 Å². The Morgan fingerprint density at radius 2 is 1.75 bits per heavy atom. The third-order valence-corrected chi connectivity index (χ3v) is 4.12. The summed E-state index contributed by atoms with van der Waals surface area (Å²) in [6.45, 7) is 3.55. The van der Waals surface area contributed by atoms with Gasteiger partial charge in [-0.25, -0.2) is 0 Å². The van der Waals surface area contributed by atoms with E-state index in [2.05, 4.69) is 10.6 Å². The fourth-order valence-electron chi connectivity index (χ4n) is 2.53. The van der Waals surface area contributed by atoms with Crippen LogP contribution in [-0.2, 0) is 9.59 Å². The summed E-state index contributed by atoms with van der Waals surface area (Å²) in [6, 6.07) is 12.6. The summed E-state index contributed by atoms with van der Waals surface area (Å²) in [4.78, 5) is 35.7. The molecule has 7 heteroatoms. The first-order chi connectivity index (χ1) is 13.3. The second-order valence-corrected chi connectivity index (χ2v) is 6.62. The summed E-state index contributed by atoms with van der Waals surface area (Å²) in [5.41, 5.74) is 1.48. The summed E-state index contributed by atoms with van der Waals surface area (Å²) >= 11 is 0. The Morgan fingerprint density at radius 3 is 2.32 bits per heavy atom. The molecule has 2 aromatic rings. The topological polar surface area (TPSA) is 105 Å². The quantitative estimate of drug-likeness (QED) is 0.648.